The highest BCUT2D eigenvalue weighted by Gasteiger charge is 2.30. The third-order valence-corrected chi connectivity index (χ3v) is 2.91. The average Bonchev–Trinajstić information content (AvgIpc) is 2.73. The Hall–Kier alpha value is -1.96. The van der Waals surface area contributed by atoms with Gasteiger partial charge < -0.3 is 15.0 Å². The summed E-state index contributed by atoms with van der Waals surface area (Å²) in [5.74, 6) is -0.454. The topological polar surface area (TPSA) is 81.0 Å². The second-order valence-corrected chi connectivity index (χ2v) is 5.45. The monoisotopic (exact) mass is 247 g/mol. The first-order valence-corrected chi connectivity index (χ1v) is 5.99. The van der Waals surface area contributed by atoms with E-state index in [4.69, 9.17) is 15.7 Å². The molecule has 96 valence electrons. The minimum absolute atomic E-state index is 0.251. The van der Waals surface area contributed by atoms with Gasteiger partial charge in [-0.25, -0.2) is 4.79 Å². The first-order chi connectivity index (χ1) is 8.35. The highest BCUT2D eigenvalue weighted by molar-refractivity contribution is 5.96. The molecule has 18 heavy (non-hydrogen) atoms. The number of nitriles is 1. The van der Waals surface area contributed by atoms with E-state index in [0.29, 0.717) is 11.3 Å². The van der Waals surface area contributed by atoms with E-state index in [1.165, 1.54) is 0 Å². The molecule has 2 N–H and O–H groups in total. The van der Waals surface area contributed by atoms with Crippen LogP contribution in [0.2, 0.25) is 0 Å². The summed E-state index contributed by atoms with van der Waals surface area (Å²) in [6.07, 6.45) is 1.72. The number of carbonyl (C=O) groups is 1. The predicted octanol–water partition coefficient (Wildman–Crippen LogP) is 1.84. The van der Waals surface area contributed by atoms with Gasteiger partial charge in [0.05, 0.1) is 11.3 Å². The van der Waals surface area contributed by atoms with Crippen molar-refractivity contribution in [3.8, 4) is 6.07 Å². The number of fused-ring (bicyclic) bond motifs is 1. The van der Waals surface area contributed by atoms with Crippen LogP contribution in [0.3, 0.4) is 0 Å². The molecule has 0 saturated heterocycles. The van der Waals surface area contributed by atoms with E-state index >= 15 is 0 Å². The summed E-state index contributed by atoms with van der Waals surface area (Å²) in [7, 11) is 0. The Kier molecular flexibility index (Phi) is 2.81. The Bertz CT molecular complexity index is 544. The van der Waals surface area contributed by atoms with Crippen molar-refractivity contribution in [1.82, 2.24) is 4.57 Å². The smallest absolute Gasteiger partial charge is 0.357 e. The second kappa shape index (κ2) is 4.05. The molecular formula is C13H17N3O2. The maximum Gasteiger partial charge on any atom is 0.357 e. The molecule has 1 aromatic rings. The van der Waals surface area contributed by atoms with Gasteiger partial charge in [-0.05, 0) is 33.6 Å². The molecule has 0 saturated carbocycles. The Morgan fingerprint density at radius 2 is 2.17 bits per heavy atom. The Balaban J connectivity index is 2.47. The fourth-order valence-electron chi connectivity index (χ4n) is 2.27. The number of rotatable bonds is 1. The molecule has 0 spiro atoms. The van der Waals surface area contributed by atoms with Gasteiger partial charge in [-0.3, -0.25) is 0 Å². The van der Waals surface area contributed by atoms with E-state index < -0.39 is 11.6 Å². The SMILES string of the molecule is CC(C)(C)OC(=O)c1c(N)c(C#N)c2n1CCC2. The van der Waals surface area contributed by atoms with Crippen molar-refractivity contribution in [2.24, 2.45) is 0 Å². The molecular weight excluding hydrogens is 230 g/mol. The summed E-state index contributed by atoms with van der Waals surface area (Å²) in [6, 6.07) is 2.08. The summed E-state index contributed by atoms with van der Waals surface area (Å²) >= 11 is 0. The molecule has 0 aliphatic carbocycles. The lowest BCUT2D eigenvalue weighted by Crippen LogP contribution is -2.26. The Labute approximate surface area is 106 Å². The van der Waals surface area contributed by atoms with Crippen molar-refractivity contribution < 1.29 is 9.53 Å². The van der Waals surface area contributed by atoms with Crippen molar-refractivity contribution in [3.05, 3.63) is 17.0 Å². The van der Waals surface area contributed by atoms with Crippen molar-refractivity contribution in [1.29, 1.82) is 5.26 Å². The van der Waals surface area contributed by atoms with Crippen LogP contribution in [-0.4, -0.2) is 16.1 Å². The number of aromatic nitrogens is 1. The largest absolute Gasteiger partial charge is 0.455 e. The Morgan fingerprint density at radius 3 is 2.72 bits per heavy atom. The van der Waals surface area contributed by atoms with E-state index in [-0.39, 0.29) is 5.69 Å². The first-order valence-electron chi connectivity index (χ1n) is 5.99. The fourth-order valence-corrected chi connectivity index (χ4v) is 2.27. The molecule has 0 aromatic carbocycles. The van der Waals surface area contributed by atoms with Crippen molar-refractivity contribution in [2.75, 3.05) is 5.73 Å². The number of anilines is 1. The van der Waals surface area contributed by atoms with Gasteiger partial charge in [0.15, 0.2) is 5.69 Å². The lowest BCUT2D eigenvalue weighted by molar-refractivity contribution is 0.00594. The van der Waals surface area contributed by atoms with E-state index in [0.717, 1.165) is 25.1 Å². The lowest BCUT2D eigenvalue weighted by atomic mass is 10.1. The van der Waals surface area contributed by atoms with Gasteiger partial charge in [0.2, 0.25) is 0 Å². The van der Waals surface area contributed by atoms with Crippen LogP contribution in [0.5, 0.6) is 0 Å². The standard InChI is InChI=1S/C13H17N3O2/c1-13(2,3)18-12(17)11-10(15)8(7-14)9-5-4-6-16(9)11/h4-6,15H2,1-3H3. The van der Waals surface area contributed by atoms with Crippen molar-refractivity contribution in [2.45, 2.75) is 45.8 Å². The maximum atomic E-state index is 12.1. The van der Waals surface area contributed by atoms with E-state index in [1.54, 1.807) is 20.8 Å². The highest BCUT2D eigenvalue weighted by Crippen LogP contribution is 2.31. The molecule has 2 rings (SSSR count). The molecule has 2 heterocycles. The molecule has 5 nitrogen and oxygen atoms in total. The minimum Gasteiger partial charge on any atom is -0.455 e. The zero-order valence-electron chi connectivity index (χ0n) is 10.9. The molecule has 0 radical (unpaired) electrons. The quantitative estimate of drug-likeness (QED) is 0.768. The number of nitrogen functional groups attached to an aromatic ring is 1. The third kappa shape index (κ3) is 1.94. The highest BCUT2D eigenvalue weighted by atomic mass is 16.6. The maximum absolute atomic E-state index is 12.1. The molecule has 1 aromatic heterocycles. The number of nitrogens with zero attached hydrogens (tertiary/aromatic N) is 2. The van der Waals surface area contributed by atoms with Crippen LogP contribution in [0.1, 0.15) is 48.9 Å². The summed E-state index contributed by atoms with van der Waals surface area (Å²) in [5, 5.41) is 9.11. The molecule has 0 amide bonds. The van der Waals surface area contributed by atoms with Gasteiger partial charge in [-0.15, -0.1) is 0 Å². The van der Waals surface area contributed by atoms with Crippen LogP contribution in [0.4, 0.5) is 5.69 Å². The van der Waals surface area contributed by atoms with E-state index in [9.17, 15) is 4.79 Å². The van der Waals surface area contributed by atoms with Gasteiger partial charge in [-0.1, -0.05) is 0 Å². The Morgan fingerprint density at radius 1 is 1.50 bits per heavy atom. The molecule has 1 aliphatic heterocycles. The normalized spacial score (nSPS) is 14.1. The van der Waals surface area contributed by atoms with Crippen LogP contribution in [-0.2, 0) is 17.7 Å². The molecule has 0 unspecified atom stereocenters. The predicted molar refractivity (Wildman–Crippen MR) is 67.0 cm³/mol. The van der Waals surface area contributed by atoms with Gasteiger partial charge in [0, 0.05) is 12.2 Å². The molecule has 1 aliphatic rings. The summed E-state index contributed by atoms with van der Waals surface area (Å²) in [4.78, 5) is 12.1. The second-order valence-electron chi connectivity index (χ2n) is 5.45. The van der Waals surface area contributed by atoms with Gasteiger partial charge in [0.25, 0.3) is 0 Å². The number of carbonyl (C=O) groups excluding carboxylic acids is 1. The zero-order chi connectivity index (χ0) is 13.5. The van der Waals surface area contributed by atoms with Crippen LogP contribution in [0.15, 0.2) is 0 Å². The summed E-state index contributed by atoms with van der Waals surface area (Å²) in [5.41, 5.74) is 7.19. The lowest BCUT2D eigenvalue weighted by Gasteiger charge is -2.20. The van der Waals surface area contributed by atoms with Crippen LogP contribution >= 0.6 is 0 Å². The van der Waals surface area contributed by atoms with Crippen molar-refractivity contribution in [3.63, 3.8) is 0 Å². The van der Waals surface area contributed by atoms with Crippen LogP contribution in [0, 0.1) is 11.3 Å². The molecule has 5 heteroatoms. The molecule has 0 bridgehead atoms. The van der Waals surface area contributed by atoms with Gasteiger partial charge in [0.1, 0.15) is 11.7 Å². The number of nitrogens with two attached hydrogens (primary N) is 1. The molecule has 0 fully saturated rings. The first kappa shape index (κ1) is 12.5. The van der Waals surface area contributed by atoms with E-state index in [2.05, 4.69) is 6.07 Å². The van der Waals surface area contributed by atoms with Gasteiger partial charge >= 0.3 is 5.97 Å². The van der Waals surface area contributed by atoms with Crippen LogP contribution in [0.25, 0.3) is 0 Å². The number of ether oxygens (including phenoxy) is 1. The zero-order valence-corrected chi connectivity index (χ0v) is 10.9. The molecule has 0 atom stereocenters. The summed E-state index contributed by atoms with van der Waals surface area (Å²) in [6.45, 7) is 6.14. The number of esters is 1. The minimum atomic E-state index is -0.570. The summed E-state index contributed by atoms with van der Waals surface area (Å²) < 4.78 is 7.16. The van der Waals surface area contributed by atoms with E-state index in [1.807, 2.05) is 4.57 Å². The fraction of sp³-hybridized carbons (Fsp3) is 0.538. The number of hydrogen-bond donors (Lipinski definition) is 1. The van der Waals surface area contributed by atoms with Crippen molar-refractivity contribution >= 4 is 11.7 Å². The number of hydrogen-bond acceptors (Lipinski definition) is 4. The van der Waals surface area contributed by atoms with Crippen LogP contribution < -0.4 is 5.73 Å². The average molecular weight is 247 g/mol. The van der Waals surface area contributed by atoms with Gasteiger partial charge in [-0.2, -0.15) is 5.26 Å². The third-order valence-electron chi connectivity index (χ3n) is 2.91.